The third kappa shape index (κ3) is 2.87. The number of carbonyl (C=O) groups excluding carboxylic acids is 1. The van der Waals surface area contributed by atoms with Crippen LogP contribution in [0.3, 0.4) is 0 Å². The van der Waals surface area contributed by atoms with E-state index in [-0.39, 0.29) is 5.97 Å². The molecule has 1 aromatic carbocycles. The molecule has 0 unspecified atom stereocenters. The minimum atomic E-state index is -0.376. The van der Waals surface area contributed by atoms with Crippen molar-refractivity contribution in [1.82, 2.24) is 9.55 Å². The number of nitrogens with zero attached hydrogens (tertiary/aromatic N) is 2. The molecule has 0 saturated carbocycles. The predicted molar refractivity (Wildman–Crippen MR) is 91.4 cm³/mol. The van der Waals surface area contributed by atoms with Gasteiger partial charge in [-0.15, -0.1) is 0 Å². The van der Waals surface area contributed by atoms with Crippen molar-refractivity contribution >= 4 is 39.8 Å². The average molecular weight is 330 g/mol. The average Bonchev–Trinajstić information content (AvgIpc) is 2.80. The monoisotopic (exact) mass is 329 g/mol. The Morgan fingerprint density at radius 2 is 2.04 bits per heavy atom. The number of nitrogens with one attached hydrogen (secondary N) is 1. The molecule has 1 N–H and O–H groups in total. The molecule has 3 rings (SSSR count). The molecule has 6 heteroatoms. The zero-order valence-corrected chi connectivity index (χ0v) is 13.6. The number of ether oxygens (including phenoxy) is 1. The summed E-state index contributed by atoms with van der Waals surface area (Å²) in [6.45, 7) is 2.10. The summed E-state index contributed by atoms with van der Waals surface area (Å²) in [5.41, 5.74) is 2.86. The fourth-order valence-electron chi connectivity index (χ4n) is 2.56. The molecule has 3 aromatic rings. The molecule has 23 heavy (non-hydrogen) atoms. The number of rotatable bonds is 4. The number of hydrogen-bond donors (Lipinski definition) is 1. The van der Waals surface area contributed by atoms with Gasteiger partial charge in [-0.1, -0.05) is 11.6 Å². The van der Waals surface area contributed by atoms with E-state index in [0.29, 0.717) is 23.0 Å². The molecular formula is C17H16ClN3O2. The van der Waals surface area contributed by atoms with Crippen LogP contribution in [0.5, 0.6) is 0 Å². The molecule has 0 spiro atoms. The molecule has 0 radical (unpaired) electrons. The maximum atomic E-state index is 12.4. The van der Waals surface area contributed by atoms with Crippen LogP contribution < -0.4 is 5.32 Å². The van der Waals surface area contributed by atoms with Crippen LogP contribution in [0, 0.1) is 0 Å². The van der Waals surface area contributed by atoms with E-state index in [2.05, 4.69) is 10.3 Å². The molecule has 0 aliphatic heterocycles. The van der Waals surface area contributed by atoms with Gasteiger partial charge in [0.1, 0.15) is 0 Å². The van der Waals surface area contributed by atoms with Crippen LogP contribution in [0.25, 0.3) is 10.9 Å². The van der Waals surface area contributed by atoms with E-state index in [4.69, 9.17) is 16.3 Å². The minimum absolute atomic E-state index is 0.315. The normalized spacial score (nSPS) is 10.7. The number of aryl methyl sites for hydroxylation is 1. The molecule has 0 atom stereocenters. The molecule has 2 heterocycles. The lowest BCUT2D eigenvalue weighted by Crippen LogP contribution is -2.11. The summed E-state index contributed by atoms with van der Waals surface area (Å²) in [7, 11) is 1.83. The molecule has 2 aromatic heterocycles. The summed E-state index contributed by atoms with van der Waals surface area (Å²) in [6, 6.07) is 9.19. The Labute approximate surface area is 138 Å². The van der Waals surface area contributed by atoms with E-state index in [1.807, 2.05) is 35.9 Å². The predicted octanol–water partition coefficient (Wildman–Crippen LogP) is 4.15. The van der Waals surface area contributed by atoms with E-state index in [9.17, 15) is 4.79 Å². The number of hydrogen-bond acceptors (Lipinski definition) is 4. The van der Waals surface area contributed by atoms with Gasteiger partial charge in [-0.3, -0.25) is 4.98 Å². The van der Waals surface area contributed by atoms with Crippen LogP contribution in [0.1, 0.15) is 17.4 Å². The number of pyridine rings is 1. The summed E-state index contributed by atoms with van der Waals surface area (Å²) >= 11 is 6.13. The van der Waals surface area contributed by atoms with Crippen LogP contribution in [0.2, 0.25) is 5.02 Å². The highest BCUT2D eigenvalue weighted by Crippen LogP contribution is 2.34. The van der Waals surface area contributed by atoms with Crippen molar-refractivity contribution in [3.63, 3.8) is 0 Å². The summed E-state index contributed by atoms with van der Waals surface area (Å²) in [4.78, 5) is 16.4. The zero-order chi connectivity index (χ0) is 16.4. The maximum Gasteiger partial charge on any atom is 0.357 e. The van der Waals surface area contributed by atoms with Crippen molar-refractivity contribution in [2.24, 2.45) is 7.05 Å². The summed E-state index contributed by atoms with van der Waals surface area (Å²) in [5.74, 6) is -0.376. The first-order valence-corrected chi connectivity index (χ1v) is 7.61. The van der Waals surface area contributed by atoms with E-state index in [0.717, 1.165) is 16.6 Å². The first-order chi connectivity index (χ1) is 11.1. The number of aromatic nitrogens is 2. The molecule has 0 fully saturated rings. The summed E-state index contributed by atoms with van der Waals surface area (Å²) < 4.78 is 7.01. The molecule has 118 valence electrons. The summed E-state index contributed by atoms with van der Waals surface area (Å²) in [5, 5.41) is 4.75. The highest BCUT2D eigenvalue weighted by Gasteiger charge is 2.22. The highest BCUT2D eigenvalue weighted by molar-refractivity contribution is 6.31. The minimum Gasteiger partial charge on any atom is -0.461 e. The van der Waals surface area contributed by atoms with Gasteiger partial charge in [0, 0.05) is 35.5 Å². The SMILES string of the molecule is CCOC(=O)c1c(Nc2ccncc2)c2cc(Cl)ccc2n1C. The molecule has 0 amide bonds. The third-order valence-electron chi connectivity index (χ3n) is 3.58. The van der Waals surface area contributed by atoms with Crippen molar-refractivity contribution in [2.75, 3.05) is 11.9 Å². The largest absolute Gasteiger partial charge is 0.461 e. The molecule has 0 aliphatic rings. The Hall–Kier alpha value is -2.53. The zero-order valence-electron chi connectivity index (χ0n) is 12.8. The lowest BCUT2D eigenvalue weighted by atomic mass is 10.2. The van der Waals surface area contributed by atoms with E-state index in [1.54, 1.807) is 25.4 Å². The smallest absolute Gasteiger partial charge is 0.357 e. The van der Waals surface area contributed by atoms with E-state index >= 15 is 0 Å². The molecule has 0 bridgehead atoms. The highest BCUT2D eigenvalue weighted by atomic mass is 35.5. The van der Waals surface area contributed by atoms with Gasteiger partial charge >= 0.3 is 5.97 Å². The van der Waals surface area contributed by atoms with Crippen molar-refractivity contribution < 1.29 is 9.53 Å². The van der Waals surface area contributed by atoms with Crippen LogP contribution in [-0.4, -0.2) is 22.1 Å². The lowest BCUT2D eigenvalue weighted by molar-refractivity contribution is 0.0517. The number of benzene rings is 1. The van der Waals surface area contributed by atoms with Crippen molar-refractivity contribution in [3.05, 3.63) is 53.4 Å². The van der Waals surface area contributed by atoms with Crippen LogP contribution in [0.4, 0.5) is 11.4 Å². The fourth-order valence-corrected chi connectivity index (χ4v) is 2.73. The quantitative estimate of drug-likeness (QED) is 0.731. The lowest BCUT2D eigenvalue weighted by Gasteiger charge is -2.09. The van der Waals surface area contributed by atoms with Crippen LogP contribution >= 0.6 is 11.6 Å². The number of carbonyl (C=O) groups is 1. The van der Waals surface area contributed by atoms with Gasteiger partial charge in [-0.2, -0.15) is 0 Å². The topological polar surface area (TPSA) is 56.1 Å². The molecule has 0 aliphatic carbocycles. The molecule has 0 saturated heterocycles. The van der Waals surface area contributed by atoms with Crippen LogP contribution in [0.15, 0.2) is 42.7 Å². The van der Waals surface area contributed by atoms with Gasteiger partial charge in [-0.05, 0) is 37.3 Å². The second-order valence-electron chi connectivity index (χ2n) is 5.03. The van der Waals surface area contributed by atoms with Crippen molar-refractivity contribution in [3.8, 4) is 0 Å². The first kappa shape index (κ1) is 15.4. The van der Waals surface area contributed by atoms with E-state index < -0.39 is 0 Å². The Morgan fingerprint density at radius 1 is 1.30 bits per heavy atom. The fraction of sp³-hybridized carbons (Fsp3) is 0.176. The van der Waals surface area contributed by atoms with Crippen LogP contribution in [-0.2, 0) is 11.8 Å². The Bertz CT molecular complexity index is 859. The Kier molecular flexibility index (Phi) is 4.21. The standard InChI is InChI=1S/C17H16ClN3O2/c1-3-23-17(22)16-15(20-12-6-8-19-9-7-12)13-10-11(18)4-5-14(13)21(16)2/h4-10H,3H2,1-2H3,(H,19,20). The molecule has 5 nitrogen and oxygen atoms in total. The second kappa shape index (κ2) is 6.30. The number of halogens is 1. The van der Waals surface area contributed by atoms with Gasteiger partial charge in [0.25, 0.3) is 0 Å². The number of fused-ring (bicyclic) bond motifs is 1. The second-order valence-corrected chi connectivity index (χ2v) is 5.46. The van der Waals surface area contributed by atoms with Gasteiger partial charge < -0.3 is 14.6 Å². The maximum absolute atomic E-state index is 12.4. The number of esters is 1. The van der Waals surface area contributed by atoms with Gasteiger partial charge in [0.05, 0.1) is 17.8 Å². The molecular weight excluding hydrogens is 314 g/mol. The van der Waals surface area contributed by atoms with Crippen molar-refractivity contribution in [1.29, 1.82) is 0 Å². The Balaban J connectivity index is 2.21. The van der Waals surface area contributed by atoms with Gasteiger partial charge in [0.15, 0.2) is 5.69 Å². The van der Waals surface area contributed by atoms with Gasteiger partial charge in [0.2, 0.25) is 0 Å². The first-order valence-electron chi connectivity index (χ1n) is 7.24. The van der Waals surface area contributed by atoms with Gasteiger partial charge in [-0.25, -0.2) is 4.79 Å². The third-order valence-corrected chi connectivity index (χ3v) is 3.82. The number of anilines is 2. The van der Waals surface area contributed by atoms with Crippen molar-refractivity contribution in [2.45, 2.75) is 6.92 Å². The van der Waals surface area contributed by atoms with E-state index in [1.165, 1.54) is 0 Å². The summed E-state index contributed by atoms with van der Waals surface area (Å²) in [6.07, 6.45) is 3.37. The Morgan fingerprint density at radius 3 is 2.74 bits per heavy atom.